The lowest BCUT2D eigenvalue weighted by Gasteiger charge is -2.17. The molecule has 8 heteroatoms. The Kier molecular flexibility index (Phi) is 7.19. The zero-order valence-electron chi connectivity index (χ0n) is 19.5. The number of amides is 3. The molecule has 2 aromatic rings. The largest absolute Gasteiger partial charge is 0.324 e. The summed E-state index contributed by atoms with van der Waals surface area (Å²) in [4.78, 5) is 43.0. The molecule has 0 radical (unpaired) electrons. The molecule has 0 unspecified atom stereocenters. The van der Waals surface area contributed by atoms with Crippen LogP contribution in [0, 0.1) is 13.8 Å². The van der Waals surface area contributed by atoms with Gasteiger partial charge in [0.15, 0.2) is 0 Å². The molecular weight excluding hydrogens is 466 g/mol. The second-order valence-electron chi connectivity index (χ2n) is 8.51. The molecule has 2 aliphatic rings. The SMILES string of the molecule is CCCCCN1C(=O)/C(=C2/C(=O)N(CC(=O)Nc3ccc(C)cc3C)c3ccccc32)SC1=S. The number of fused-ring (bicyclic) bond motifs is 1. The van der Waals surface area contributed by atoms with Crippen molar-refractivity contribution in [1.82, 2.24) is 4.90 Å². The zero-order valence-corrected chi connectivity index (χ0v) is 21.1. The summed E-state index contributed by atoms with van der Waals surface area (Å²) in [5.74, 6) is -0.889. The second-order valence-corrected chi connectivity index (χ2v) is 10.2. The molecule has 176 valence electrons. The quantitative estimate of drug-likeness (QED) is 0.332. The third kappa shape index (κ3) is 4.65. The monoisotopic (exact) mass is 493 g/mol. The number of benzene rings is 2. The maximum atomic E-state index is 13.5. The standard InChI is InChI=1S/C26H27N3O3S2/c1-4-5-8-13-28-25(32)23(34-26(28)33)22-18-9-6-7-10-20(18)29(24(22)31)15-21(30)27-19-12-11-16(2)14-17(19)3/h6-7,9-12,14H,4-5,8,13,15H2,1-3H3,(H,27,30)/b23-22-. The van der Waals surface area contributed by atoms with Gasteiger partial charge in [0.25, 0.3) is 11.8 Å². The molecule has 3 amide bonds. The van der Waals surface area contributed by atoms with Crippen molar-refractivity contribution in [2.75, 3.05) is 23.3 Å². The molecule has 0 aliphatic carbocycles. The lowest BCUT2D eigenvalue weighted by atomic mass is 10.1. The van der Waals surface area contributed by atoms with E-state index in [0.29, 0.717) is 38.3 Å². The molecule has 2 aromatic carbocycles. The van der Waals surface area contributed by atoms with Gasteiger partial charge in [-0.15, -0.1) is 0 Å². The Bertz CT molecular complexity index is 1220. The van der Waals surface area contributed by atoms with Gasteiger partial charge in [-0.2, -0.15) is 0 Å². The van der Waals surface area contributed by atoms with Gasteiger partial charge in [-0.1, -0.05) is 79.6 Å². The van der Waals surface area contributed by atoms with Gasteiger partial charge >= 0.3 is 0 Å². The topological polar surface area (TPSA) is 69.7 Å². The van der Waals surface area contributed by atoms with Gasteiger partial charge in [-0.05, 0) is 38.0 Å². The number of hydrogen-bond acceptors (Lipinski definition) is 5. The minimum absolute atomic E-state index is 0.149. The third-order valence-corrected chi connectivity index (χ3v) is 7.39. The first-order valence-corrected chi connectivity index (χ1v) is 12.6. The lowest BCUT2D eigenvalue weighted by Crippen LogP contribution is -2.35. The number of thiocarbonyl (C=S) groups is 1. The number of thioether (sulfide) groups is 1. The van der Waals surface area contributed by atoms with E-state index in [1.165, 1.54) is 16.7 Å². The van der Waals surface area contributed by atoms with E-state index in [-0.39, 0.29) is 24.3 Å². The fourth-order valence-electron chi connectivity index (χ4n) is 4.21. The molecule has 0 saturated carbocycles. The molecule has 4 rings (SSSR count). The average molecular weight is 494 g/mol. The Morgan fingerprint density at radius 3 is 2.53 bits per heavy atom. The number of carbonyl (C=O) groups is 3. The first-order valence-electron chi connectivity index (χ1n) is 11.4. The molecule has 0 atom stereocenters. The molecule has 0 aromatic heterocycles. The van der Waals surface area contributed by atoms with E-state index < -0.39 is 0 Å². The summed E-state index contributed by atoms with van der Waals surface area (Å²) >= 11 is 6.63. The van der Waals surface area contributed by atoms with Crippen LogP contribution in [-0.2, 0) is 14.4 Å². The van der Waals surface area contributed by atoms with Gasteiger partial charge in [0.05, 0.1) is 16.2 Å². The highest BCUT2D eigenvalue weighted by molar-refractivity contribution is 8.26. The summed E-state index contributed by atoms with van der Waals surface area (Å²) in [6.45, 7) is 6.42. The smallest absolute Gasteiger partial charge is 0.267 e. The predicted molar refractivity (Wildman–Crippen MR) is 142 cm³/mol. The van der Waals surface area contributed by atoms with Crippen LogP contribution in [-0.4, -0.2) is 40.0 Å². The van der Waals surface area contributed by atoms with Crippen LogP contribution in [0.4, 0.5) is 11.4 Å². The molecule has 1 N–H and O–H groups in total. The van der Waals surface area contributed by atoms with Crippen molar-refractivity contribution in [1.29, 1.82) is 0 Å². The van der Waals surface area contributed by atoms with Crippen molar-refractivity contribution in [3.05, 3.63) is 64.1 Å². The van der Waals surface area contributed by atoms with E-state index in [0.717, 1.165) is 30.4 Å². The molecule has 0 spiro atoms. The van der Waals surface area contributed by atoms with Crippen LogP contribution < -0.4 is 10.2 Å². The first-order chi connectivity index (χ1) is 16.3. The summed E-state index contributed by atoms with van der Waals surface area (Å²) in [7, 11) is 0. The number of hydrogen-bond donors (Lipinski definition) is 1. The van der Waals surface area contributed by atoms with Crippen LogP contribution >= 0.6 is 24.0 Å². The summed E-state index contributed by atoms with van der Waals surface area (Å²) < 4.78 is 0.472. The Hall–Kier alpha value is -2.97. The number of aryl methyl sites for hydroxylation is 2. The molecule has 34 heavy (non-hydrogen) atoms. The highest BCUT2D eigenvalue weighted by Crippen LogP contribution is 2.44. The van der Waals surface area contributed by atoms with Crippen molar-refractivity contribution < 1.29 is 14.4 Å². The number of rotatable bonds is 7. The number of para-hydroxylation sites is 1. The van der Waals surface area contributed by atoms with E-state index in [9.17, 15) is 14.4 Å². The number of nitrogens with zero attached hydrogens (tertiary/aromatic N) is 2. The van der Waals surface area contributed by atoms with Gasteiger partial charge in [0, 0.05) is 17.8 Å². The molecule has 1 saturated heterocycles. The fraction of sp³-hybridized carbons (Fsp3) is 0.308. The van der Waals surface area contributed by atoms with Crippen LogP contribution in [0.1, 0.15) is 42.9 Å². The Morgan fingerprint density at radius 2 is 1.79 bits per heavy atom. The summed E-state index contributed by atoms with van der Waals surface area (Å²) in [6, 6.07) is 13.0. The van der Waals surface area contributed by atoms with Gasteiger partial charge in [-0.25, -0.2) is 0 Å². The number of anilines is 2. The predicted octanol–water partition coefficient (Wildman–Crippen LogP) is 5.05. The zero-order chi connectivity index (χ0) is 24.4. The molecule has 1 fully saturated rings. The van der Waals surface area contributed by atoms with E-state index in [4.69, 9.17) is 12.2 Å². The summed E-state index contributed by atoms with van der Waals surface area (Å²) in [5, 5.41) is 2.90. The van der Waals surface area contributed by atoms with Gasteiger partial charge in [-0.3, -0.25) is 24.2 Å². The summed E-state index contributed by atoms with van der Waals surface area (Å²) in [5.41, 5.74) is 4.37. The highest BCUT2D eigenvalue weighted by atomic mass is 32.2. The first kappa shape index (κ1) is 24.2. The summed E-state index contributed by atoms with van der Waals surface area (Å²) in [6.07, 6.45) is 2.91. The van der Waals surface area contributed by atoms with Crippen molar-refractivity contribution in [2.45, 2.75) is 40.0 Å². The van der Waals surface area contributed by atoms with Gasteiger partial charge < -0.3 is 5.32 Å². The molecule has 2 heterocycles. The molecule has 2 aliphatic heterocycles. The number of nitrogens with one attached hydrogen (secondary N) is 1. The molecule has 0 bridgehead atoms. The maximum absolute atomic E-state index is 13.5. The van der Waals surface area contributed by atoms with E-state index in [1.54, 1.807) is 11.0 Å². The highest BCUT2D eigenvalue weighted by Gasteiger charge is 2.42. The molecular formula is C26H27N3O3S2. The molecule has 6 nitrogen and oxygen atoms in total. The minimum atomic E-state index is -0.356. The van der Waals surface area contributed by atoms with Crippen LogP contribution in [0.2, 0.25) is 0 Å². The minimum Gasteiger partial charge on any atom is -0.324 e. The van der Waals surface area contributed by atoms with Gasteiger partial charge in [0.2, 0.25) is 5.91 Å². The van der Waals surface area contributed by atoms with E-state index >= 15 is 0 Å². The number of unbranched alkanes of at least 4 members (excludes halogenated alkanes) is 2. The Morgan fingerprint density at radius 1 is 1.03 bits per heavy atom. The van der Waals surface area contributed by atoms with Crippen LogP contribution in [0.3, 0.4) is 0 Å². The van der Waals surface area contributed by atoms with E-state index in [1.807, 2.05) is 50.2 Å². The van der Waals surface area contributed by atoms with Crippen LogP contribution in [0.5, 0.6) is 0 Å². The number of carbonyl (C=O) groups excluding carboxylic acids is 3. The fourth-order valence-corrected chi connectivity index (χ4v) is 5.59. The second kappa shape index (κ2) is 10.1. The lowest BCUT2D eigenvalue weighted by molar-refractivity contribution is -0.122. The Labute approximate surface area is 209 Å². The third-order valence-electron chi connectivity index (χ3n) is 5.94. The normalized spacial score (nSPS) is 17.6. The maximum Gasteiger partial charge on any atom is 0.267 e. The van der Waals surface area contributed by atoms with Crippen molar-refractivity contribution in [3.8, 4) is 0 Å². The average Bonchev–Trinajstić information content (AvgIpc) is 3.23. The van der Waals surface area contributed by atoms with Crippen LogP contribution in [0.15, 0.2) is 47.4 Å². The van der Waals surface area contributed by atoms with Gasteiger partial charge in [0.1, 0.15) is 10.9 Å². The van der Waals surface area contributed by atoms with E-state index in [2.05, 4.69) is 12.2 Å². The Balaban J connectivity index is 1.60. The van der Waals surface area contributed by atoms with Crippen molar-refractivity contribution in [3.63, 3.8) is 0 Å². The van der Waals surface area contributed by atoms with Crippen molar-refractivity contribution in [2.24, 2.45) is 0 Å². The van der Waals surface area contributed by atoms with Crippen molar-refractivity contribution >= 4 is 63.0 Å². The van der Waals surface area contributed by atoms with Crippen LogP contribution in [0.25, 0.3) is 5.57 Å².